The lowest BCUT2D eigenvalue weighted by atomic mass is 9.88. The van der Waals surface area contributed by atoms with E-state index in [0.29, 0.717) is 34.6 Å². The monoisotopic (exact) mass is 752 g/mol. The van der Waals surface area contributed by atoms with Crippen LogP contribution in [0.3, 0.4) is 0 Å². The summed E-state index contributed by atoms with van der Waals surface area (Å²) in [5.74, 6) is 0.252. The van der Waals surface area contributed by atoms with Crippen molar-refractivity contribution in [1.29, 1.82) is 0 Å². The van der Waals surface area contributed by atoms with Crippen molar-refractivity contribution in [2.45, 2.75) is 87.1 Å². The van der Waals surface area contributed by atoms with E-state index in [1.165, 1.54) is 0 Å². The standard InChI is InChI=1S/C47H64N2O6/c1-31(2)21-23-37(33(5)6)28-54-46(50)42(47(51)55-29-38(34(7)8)24-22-32(3)4)45(40-26-25-39(52-9)27-41(40)53-10)49-30-48-43(35-17-13-11-14-18-35)44(49)36-19-15-12-16-20-36/h11-20,25-27,30-34,37-38,42,45H,21-24,28-29H2,1-10H3. The van der Waals surface area contributed by atoms with Crippen molar-refractivity contribution >= 4 is 11.9 Å². The highest BCUT2D eigenvalue weighted by Gasteiger charge is 2.43. The molecule has 0 fully saturated rings. The summed E-state index contributed by atoms with van der Waals surface area (Å²) in [6, 6.07) is 24.3. The highest BCUT2D eigenvalue weighted by Crippen LogP contribution is 2.42. The van der Waals surface area contributed by atoms with Crippen molar-refractivity contribution in [1.82, 2.24) is 9.55 Å². The third-order valence-electron chi connectivity index (χ3n) is 10.8. The molecular formula is C47H64N2O6. The van der Waals surface area contributed by atoms with Crippen LogP contribution in [0.25, 0.3) is 22.5 Å². The first-order valence-corrected chi connectivity index (χ1v) is 20.1. The molecule has 298 valence electrons. The van der Waals surface area contributed by atoms with E-state index in [-0.39, 0.29) is 36.9 Å². The summed E-state index contributed by atoms with van der Waals surface area (Å²) in [6.45, 7) is 17.8. The molecule has 0 spiro atoms. The number of rotatable bonds is 21. The molecule has 0 aliphatic heterocycles. The quantitative estimate of drug-likeness (QED) is 0.0618. The Kier molecular flexibility index (Phi) is 16.4. The number of imidazole rings is 1. The van der Waals surface area contributed by atoms with Crippen molar-refractivity contribution in [3.63, 3.8) is 0 Å². The van der Waals surface area contributed by atoms with Gasteiger partial charge in [0, 0.05) is 22.8 Å². The molecule has 0 saturated carbocycles. The van der Waals surface area contributed by atoms with Crippen LogP contribution in [-0.2, 0) is 19.1 Å². The van der Waals surface area contributed by atoms with Gasteiger partial charge in [-0.15, -0.1) is 0 Å². The van der Waals surface area contributed by atoms with Gasteiger partial charge in [0.1, 0.15) is 11.5 Å². The van der Waals surface area contributed by atoms with Crippen LogP contribution in [0.5, 0.6) is 11.5 Å². The Balaban J connectivity index is 1.94. The predicted octanol–water partition coefficient (Wildman–Crippen LogP) is 10.9. The van der Waals surface area contributed by atoms with Crippen LogP contribution in [-0.4, -0.2) is 48.9 Å². The fraction of sp³-hybridized carbons (Fsp3) is 0.511. The molecule has 0 aliphatic rings. The SMILES string of the molecule is COc1ccc(C(C(C(=O)OCC(CCC(C)C)C(C)C)C(=O)OCC(CCC(C)C)C(C)C)n2cnc(-c3ccccc3)c2-c2ccccc2)c(OC)c1. The minimum absolute atomic E-state index is 0.135. The van der Waals surface area contributed by atoms with Crippen LogP contribution >= 0.6 is 0 Å². The van der Waals surface area contributed by atoms with Gasteiger partial charge in [-0.1, -0.05) is 129 Å². The van der Waals surface area contributed by atoms with E-state index in [1.807, 2.05) is 77.4 Å². The van der Waals surface area contributed by atoms with Crippen molar-refractivity contribution in [3.8, 4) is 34.0 Å². The number of methoxy groups -OCH3 is 2. The molecular weight excluding hydrogens is 689 g/mol. The number of benzene rings is 3. The lowest BCUT2D eigenvalue weighted by molar-refractivity contribution is -0.166. The number of ether oxygens (including phenoxy) is 4. The lowest BCUT2D eigenvalue weighted by Crippen LogP contribution is -2.38. The molecule has 4 aromatic rings. The number of nitrogens with zero attached hydrogens (tertiary/aromatic N) is 2. The highest BCUT2D eigenvalue weighted by atomic mass is 16.6. The Hall–Kier alpha value is -4.59. The topological polar surface area (TPSA) is 88.9 Å². The number of carbonyl (C=O) groups is 2. The Labute approximate surface area is 330 Å². The van der Waals surface area contributed by atoms with E-state index in [2.05, 4.69) is 55.4 Å². The molecule has 0 saturated heterocycles. The van der Waals surface area contributed by atoms with E-state index in [1.54, 1.807) is 26.6 Å². The summed E-state index contributed by atoms with van der Waals surface area (Å²) in [4.78, 5) is 34.7. The zero-order valence-electron chi connectivity index (χ0n) is 34.8. The maximum Gasteiger partial charge on any atom is 0.322 e. The van der Waals surface area contributed by atoms with Crippen LogP contribution in [0.15, 0.2) is 85.2 Å². The summed E-state index contributed by atoms with van der Waals surface area (Å²) < 4.78 is 26.0. The van der Waals surface area contributed by atoms with Crippen molar-refractivity contribution < 1.29 is 28.5 Å². The molecule has 0 aliphatic carbocycles. The molecule has 3 aromatic carbocycles. The second-order valence-corrected chi connectivity index (χ2v) is 16.3. The van der Waals surface area contributed by atoms with Gasteiger partial charge in [0.25, 0.3) is 0 Å². The fourth-order valence-corrected chi connectivity index (χ4v) is 7.04. The molecule has 8 heteroatoms. The molecule has 4 rings (SSSR count). The Morgan fingerprint density at radius 1 is 0.636 bits per heavy atom. The van der Waals surface area contributed by atoms with Crippen LogP contribution < -0.4 is 9.47 Å². The zero-order valence-corrected chi connectivity index (χ0v) is 34.8. The Morgan fingerprint density at radius 3 is 1.60 bits per heavy atom. The molecule has 0 N–H and O–H groups in total. The smallest absolute Gasteiger partial charge is 0.322 e. The largest absolute Gasteiger partial charge is 0.497 e. The molecule has 55 heavy (non-hydrogen) atoms. The molecule has 0 amide bonds. The van der Waals surface area contributed by atoms with E-state index in [9.17, 15) is 9.59 Å². The van der Waals surface area contributed by atoms with E-state index < -0.39 is 23.9 Å². The van der Waals surface area contributed by atoms with Gasteiger partial charge in [-0.3, -0.25) is 9.59 Å². The highest BCUT2D eigenvalue weighted by molar-refractivity contribution is 5.96. The first-order chi connectivity index (χ1) is 26.4. The minimum atomic E-state index is -1.39. The third-order valence-corrected chi connectivity index (χ3v) is 10.8. The van der Waals surface area contributed by atoms with Crippen molar-refractivity contribution in [2.75, 3.05) is 27.4 Å². The zero-order chi connectivity index (χ0) is 40.1. The minimum Gasteiger partial charge on any atom is -0.497 e. The first kappa shape index (κ1) is 43.1. The maximum absolute atomic E-state index is 14.9. The molecule has 1 aromatic heterocycles. The number of carbonyl (C=O) groups excluding carboxylic acids is 2. The summed E-state index contributed by atoms with van der Waals surface area (Å²) in [7, 11) is 3.17. The van der Waals surface area contributed by atoms with Crippen LogP contribution in [0, 0.1) is 41.4 Å². The third kappa shape index (κ3) is 11.7. The van der Waals surface area contributed by atoms with Gasteiger partial charge in [-0.2, -0.15) is 0 Å². The lowest BCUT2D eigenvalue weighted by Gasteiger charge is -2.31. The van der Waals surface area contributed by atoms with Gasteiger partial charge in [0.05, 0.1) is 51.2 Å². The molecule has 8 nitrogen and oxygen atoms in total. The second-order valence-electron chi connectivity index (χ2n) is 16.3. The summed E-state index contributed by atoms with van der Waals surface area (Å²) in [5.41, 5.74) is 3.83. The summed E-state index contributed by atoms with van der Waals surface area (Å²) in [6.07, 6.45) is 5.58. The van der Waals surface area contributed by atoms with Gasteiger partial charge >= 0.3 is 11.9 Å². The average Bonchev–Trinajstić information content (AvgIpc) is 3.61. The molecule has 3 atom stereocenters. The van der Waals surface area contributed by atoms with Gasteiger partial charge in [-0.25, -0.2) is 4.98 Å². The molecule has 0 bridgehead atoms. The molecule has 1 heterocycles. The van der Waals surface area contributed by atoms with Crippen LogP contribution in [0.4, 0.5) is 0 Å². The predicted molar refractivity (Wildman–Crippen MR) is 221 cm³/mol. The molecule has 0 radical (unpaired) electrons. The Morgan fingerprint density at radius 2 is 1.15 bits per heavy atom. The van der Waals surface area contributed by atoms with Gasteiger partial charge in [0.15, 0.2) is 5.92 Å². The normalized spacial score (nSPS) is 13.9. The van der Waals surface area contributed by atoms with Crippen LogP contribution in [0.2, 0.25) is 0 Å². The average molecular weight is 753 g/mol. The number of aromatic nitrogens is 2. The maximum atomic E-state index is 14.9. The fourth-order valence-electron chi connectivity index (χ4n) is 7.04. The van der Waals surface area contributed by atoms with Crippen molar-refractivity contribution in [3.05, 3.63) is 90.8 Å². The van der Waals surface area contributed by atoms with E-state index in [4.69, 9.17) is 23.9 Å². The van der Waals surface area contributed by atoms with Crippen molar-refractivity contribution in [2.24, 2.45) is 41.4 Å². The second kappa shape index (κ2) is 20.9. The molecule has 3 unspecified atom stereocenters. The Bertz CT molecular complexity index is 1720. The number of hydrogen-bond acceptors (Lipinski definition) is 7. The van der Waals surface area contributed by atoms with Gasteiger partial charge in [0.2, 0.25) is 0 Å². The van der Waals surface area contributed by atoms with Crippen LogP contribution in [0.1, 0.15) is 92.7 Å². The number of hydrogen-bond donors (Lipinski definition) is 0. The number of esters is 2. The van der Waals surface area contributed by atoms with Gasteiger partial charge < -0.3 is 23.5 Å². The first-order valence-electron chi connectivity index (χ1n) is 20.1. The van der Waals surface area contributed by atoms with Gasteiger partial charge in [-0.05, 0) is 60.5 Å². The summed E-state index contributed by atoms with van der Waals surface area (Å²) >= 11 is 0. The van der Waals surface area contributed by atoms with E-state index in [0.717, 1.165) is 42.5 Å². The summed E-state index contributed by atoms with van der Waals surface area (Å²) in [5, 5.41) is 0. The van der Waals surface area contributed by atoms with E-state index >= 15 is 0 Å².